The number of para-hydroxylation sites is 2. The molecule has 0 bridgehead atoms. The van der Waals surface area contributed by atoms with E-state index in [4.69, 9.17) is 15.2 Å². The summed E-state index contributed by atoms with van der Waals surface area (Å²) < 4.78 is 11.7. The Morgan fingerprint density at radius 3 is 2.67 bits per heavy atom. The fraction of sp³-hybridized carbons (Fsp3) is 0.429. The van der Waals surface area contributed by atoms with Crippen molar-refractivity contribution in [1.29, 1.82) is 0 Å². The van der Waals surface area contributed by atoms with Gasteiger partial charge < -0.3 is 20.5 Å². The van der Waals surface area contributed by atoms with Gasteiger partial charge in [-0.05, 0) is 37.5 Å². The van der Waals surface area contributed by atoms with E-state index in [1.807, 2.05) is 36.4 Å². The first kappa shape index (κ1) is 19.2. The fourth-order valence-electron chi connectivity index (χ4n) is 3.20. The second kappa shape index (κ2) is 8.86. The minimum atomic E-state index is -0.746. The quantitative estimate of drug-likeness (QED) is 0.743. The van der Waals surface area contributed by atoms with Crippen molar-refractivity contribution in [1.82, 2.24) is 10.3 Å². The van der Waals surface area contributed by atoms with Crippen LogP contribution in [0.5, 0.6) is 17.4 Å². The molecule has 0 aliphatic heterocycles. The number of nitrogens with zero attached hydrogens (tertiary/aromatic N) is 1. The average molecular weight is 369 g/mol. The van der Waals surface area contributed by atoms with Crippen LogP contribution in [0, 0.1) is 0 Å². The molecule has 3 N–H and O–H groups in total. The van der Waals surface area contributed by atoms with E-state index >= 15 is 0 Å². The molecule has 0 saturated heterocycles. The minimum absolute atomic E-state index is 0.110. The van der Waals surface area contributed by atoms with E-state index in [9.17, 15) is 4.79 Å². The normalized spacial score (nSPS) is 15.3. The molecular weight excluding hydrogens is 342 g/mol. The van der Waals surface area contributed by atoms with E-state index in [0.29, 0.717) is 30.5 Å². The average Bonchev–Trinajstić information content (AvgIpc) is 3.14. The SMILES string of the molecule is CCCOc1ccccc1Oc1ncccc1CNC(=O)C1(N)CCCC1. The van der Waals surface area contributed by atoms with Crippen molar-refractivity contribution in [3.05, 3.63) is 48.2 Å². The molecule has 1 saturated carbocycles. The van der Waals surface area contributed by atoms with Gasteiger partial charge in [0.15, 0.2) is 11.5 Å². The lowest BCUT2D eigenvalue weighted by Gasteiger charge is -2.22. The monoisotopic (exact) mass is 369 g/mol. The van der Waals surface area contributed by atoms with E-state index in [2.05, 4.69) is 17.2 Å². The Morgan fingerprint density at radius 1 is 1.19 bits per heavy atom. The van der Waals surface area contributed by atoms with E-state index in [0.717, 1.165) is 37.7 Å². The molecule has 0 atom stereocenters. The zero-order valence-corrected chi connectivity index (χ0v) is 15.7. The number of rotatable bonds is 8. The first-order chi connectivity index (χ1) is 13.1. The van der Waals surface area contributed by atoms with Crippen LogP contribution in [0.25, 0.3) is 0 Å². The Bertz CT molecular complexity index is 773. The molecule has 27 heavy (non-hydrogen) atoms. The number of benzene rings is 1. The zero-order chi connectivity index (χ0) is 19.1. The largest absolute Gasteiger partial charge is 0.490 e. The van der Waals surface area contributed by atoms with Crippen LogP contribution in [0.1, 0.15) is 44.6 Å². The van der Waals surface area contributed by atoms with Crippen LogP contribution in [0.2, 0.25) is 0 Å². The molecule has 1 heterocycles. The van der Waals surface area contributed by atoms with Crippen molar-refractivity contribution < 1.29 is 14.3 Å². The standard InChI is InChI=1S/C21H27N3O3/c1-2-14-26-17-9-3-4-10-18(17)27-19-16(8-7-13-23-19)15-24-20(25)21(22)11-5-6-12-21/h3-4,7-10,13H,2,5-6,11-12,14-15,22H2,1H3,(H,24,25). The number of carbonyl (C=O) groups excluding carboxylic acids is 1. The molecule has 3 rings (SSSR count). The van der Waals surface area contributed by atoms with Gasteiger partial charge in [-0.1, -0.05) is 38.0 Å². The number of nitrogens with one attached hydrogen (secondary N) is 1. The molecule has 2 aromatic rings. The second-order valence-corrected chi connectivity index (χ2v) is 6.91. The van der Waals surface area contributed by atoms with Gasteiger partial charge in [0.05, 0.1) is 12.1 Å². The molecule has 0 spiro atoms. The van der Waals surface area contributed by atoms with Gasteiger partial charge in [0.1, 0.15) is 0 Å². The van der Waals surface area contributed by atoms with Gasteiger partial charge in [0.25, 0.3) is 0 Å². The number of aromatic nitrogens is 1. The van der Waals surface area contributed by atoms with Crippen molar-refractivity contribution in [3.63, 3.8) is 0 Å². The summed E-state index contributed by atoms with van der Waals surface area (Å²) >= 11 is 0. The molecule has 6 nitrogen and oxygen atoms in total. The first-order valence-electron chi connectivity index (χ1n) is 9.53. The Hall–Kier alpha value is -2.60. The van der Waals surface area contributed by atoms with Crippen molar-refractivity contribution in [3.8, 4) is 17.4 Å². The van der Waals surface area contributed by atoms with Gasteiger partial charge in [-0.3, -0.25) is 4.79 Å². The highest BCUT2D eigenvalue weighted by atomic mass is 16.5. The van der Waals surface area contributed by atoms with Crippen LogP contribution in [-0.4, -0.2) is 23.0 Å². The maximum atomic E-state index is 12.5. The third-order valence-electron chi connectivity index (χ3n) is 4.75. The molecule has 1 fully saturated rings. The minimum Gasteiger partial charge on any atom is -0.490 e. The number of ether oxygens (including phenoxy) is 2. The van der Waals surface area contributed by atoms with Gasteiger partial charge >= 0.3 is 0 Å². The van der Waals surface area contributed by atoms with Crippen molar-refractivity contribution >= 4 is 5.91 Å². The lowest BCUT2D eigenvalue weighted by Crippen LogP contribution is -2.51. The molecule has 144 valence electrons. The first-order valence-corrected chi connectivity index (χ1v) is 9.53. The number of amides is 1. The lowest BCUT2D eigenvalue weighted by atomic mass is 9.98. The van der Waals surface area contributed by atoms with Crippen molar-refractivity contribution in [2.45, 2.75) is 51.1 Å². The Morgan fingerprint density at radius 2 is 1.93 bits per heavy atom. The van der Waals surface area contributed by atoms with Crippen LogP contribution in [0.4, 0.5) is 0 Å². The Kier molecular flexibility index (Phi) is 6.29. The molecule has 0 radical (unpaired) electrons. The fourth-order valence-corrected chi connectivity index (χ4v) is 3.20. The van der Waals surface area contributed by atoms with Crippen LogP contribution in [0.15, 0.2) is 42.6 Å². The summed E-state index contributed by atoms with van der Waals surface area (Å²) in [5.41, 5.74) is 6.26. The molecular formula is C21H27N3O3. The van der Waals surface area contributed by atoms with Gasteiger partial charge in [0.2, 0.25) is 11.8 Å². The molecule has 1 aromatic carbocycles. The number of carbonyl (C=O) groups is 1. The maximum absolute atomic E-state index is 12.5. The van der Waals surface area contributed by atoms with Gasteiger partial charge in [-0.15, -0.1) is 0 Å². The van der Waals surface area contributed by atoms with Crippen LogP contribution in [-0.2, 0) is 11.3 Å². The number of pyridine rings is 1. The Labute approximate surface area is 160 Å². The maximum Gasteiger partial charge on any atom is 0.240 e. The highest BCUT2D eigenvalue weighted by Crippen LogP contribution is 2.32. The third-order valence-corrected chi connectivity index (χ3v) is 4.75. The highest BCUT2D eigenvalue weighted by Gasteiger charge is 2.36. The summed E-state index contributed by atoms with van der Waals surface area (Å²) in [6.45, 7) is 2.99. The summed E-state index contributed by atoms with van der Waals surface area (Å²) in [6, 6.07) is 11.2. The van der Waals surface area contributed by atoms with Crippen molar-refractivity contribution in [2.24, 2.45) is 5.73 Å². The number of nitrogens with two attached hydrogens (primary N) is 1. The predicted molar refractivity (Wildman–Crippen MR) is 104 cm³/mol. The third kappa shape index (κ3) is 4.77. The topological polar surface area (TPSA) is 86.5 Å². The summed E-state index contributed by atoms with van der Waals surface area (Å²) in [5, 5.41) is 2.94. The van der Waals surface area contributed by atoms with Gasteiger partial charge in [-0.2, -0.15) is 0 Å². The summed E-state index contributed by atoms with van der Waals surface area (Å²) in [4.78, 5) is 16.8. The molecule has 1 aliphatic rings. The predicted octanol–water partition coefficient (Wildman–Crippen LogP) is 3.55. The summed E-state index contributed by atoms with van der Waals surface area (Å²) in [5.74, 6) is 1.61. The van der Waals surface area contributed by atoms with E-state index in [-0.39, 0.29) is 5.91 Å². The van der Waals surface area contributed by atoms with Crippen LogP contribution >= 0.6 is 0 Å². The lowest BCUT2D eigenvalue weighted by molar-refractivity contribution is -0.126. The smallest absolute Gasteiger partial charge is 0.240 e. The molecule has 1 amide bonds. The summed E-state index contributed by atoms with van der Waals surface area (Å²) in [7, 11) is 0. The molecule has 1 aromatic heterocycles. The highest BCUT2D eigenvalue weighted by molar-refractivity contribution is 5.86. The molecule has 6 heteroatoms. The van der Waals surface area contributed by atoms with E-state index < -0.39 is 5.54 Å². The van der Waals surface area contributed by atoms with Crippen LogP contribution in [0.3, 0.4) is 0 Å². The van der Waals surface area contributed by atoms with E-state index in [1.54, 1.807) is 6.20 Å². The second-order valence-electron chi connectivity index (χ2n) is 6.91. The van der Waals surface area contributed by atoms with Gasteiger partial charge in [0, 0.05) is 18.3 Å². The van der Waals surface area contributed by atoms with Crippen LogP contribution < -0.4 is 20.5 Å². The van der Waals surface area contributed by atoms with Gasteiger partial charge in [-0.25, -0.2) is 4.98 Å². The van der Waals surface area contributed by atoms with E-state index in [1.165, 1.54) is 0 Å². The molecule has 1 aliphatic carbocycles. The molecule has 0 unspecified atom stereocenters. The number of hydrogen-bond donors (Lipinski definition) is 2. The van der Waals surface area contributed by atoms with Crippen molar-refractivity contribution in [2.75, 3.05) is 6.61 Å². The summed E-state index contributed by atoms with van der Waals surface area (Å²) in [6.07, 6.45) is 6.04. The number of hydrogen-bond acceptors (Lipinski definition) is 5. The Balaban J connectivity index is 1.70. The zero-order valence-electron chi connectivity index (χ0n) is 15.7.